The van der Waals surface area contributed by atoms with Gasteiger partial charge in [0.25, 0.3) is 0 Å². The van der Waals surface area contributed by atoms with E-state index in [1.807, 2.05) is 0 Å². The zero-order valence-corrected chi connectivity index (χ0v) is 5.70. The number of furan rings is 1. The first kappa shape index (κ1) is 7.58. The summed E-state index contributed by atoms with van der Waals surface area (Å²) in [6.45, 7) is -0.211. The summed E-state index contributed by atoms with van der Waals surface area (Å²) in [5.41, 5.74) is 0. The van der Waals surface area contributed by atoms with Crippen molar-refractivity contribution in [2.75, 3.05) is 6.61 Å². The van der Waals surface area contributed by atoms with E-state index < -0.39 is 0 Å². The van der Waals surface area contributed by atoms with Gasteiger partial charge < -0.3 is 9.52 Å². The van der Waals surface area contributed by atoms with Gasteiger partial charge in [-0.25, -0.2) is 0 Å². The van der Waals surface area contributed by atoms with Crippen molar-refractivity contribution in [1.29, 1.82) is 0 Å². The predicted octanol–water partition coefficient (Wildman–Crippen LogP) is 0.436. The molecule has 1 aromatic rings. The number of aliphatic hydroxyl groups excluding tert-OH is 1. The Kier molecular flexibility index (Phi) is 2.47. The van der Waals surface area contributed by atoms with Crippen molar-refractivity contribution in [1.82, 2.24) is 0 Å². The molecule has 1 rings (SSSR count). The highest BCUT2D eigenvalue weighted by atomic mass is 16.3. The van der Waals surface area contributed by atoms with Crippen LogP contribution >= 0.6 is 0 Å². The molecule has 3 heteroatoms. The zero-order valence-electron chi connectivity index (χ0n) is 5.70. The summed E-state index contributed by atoms with van der Waals surface area (Å²) in [5.74, 6) is 5.55. The van der Waals surface area contributed by atoms with Crippen molar-refractivity contribution < 1.29 is 14.3 Å². The Morgan fingerprint density at radius 2 is 2.45 bits per heavy atom. The lowest BCUT2D eigenvalue weighted by Gasteiger charge is -1.77. The smallest absolute Gasteiger partial charge is 0.185 e. The summed E-state index contributed by atoms with van der Waals surface area (Å²) >= 11 is 0. The fourth-order valence-electron chi connectivity index (χ4n) is 0.610. The Bertz CT molecular complexity index is 301. The fraction of sp³-hybridized carbons (Fsp3) is 0.125. The highest BCUT2D eigenvalue weighted by molar-refractivity contribution is 5.70. The second kappa shape index (κ2) is 3.59. The molecule has 0 aliphatic carbocycles. The molecule has 0 aliphatic heterocycles. The molecule has 0 fully saturated rings. The maximum atomic E-state index is 10.1. The van der Waals surface area contributed by atoms with Crippen LogP contribution in [0.1, 0.15) is 16.3 Å². The molecule has 56 valence electrons. The van der Waals surface area contributed by atoms with Crippen molar-refractivity contribution >= 4 is 6.29 Å². The van der Waals surface area contributed by atoms with Crippen molar-refractivity contribution in [3.05, 3.63) is 23.7 Å². The normalized spacial score (nSPS) is 8.45. The molecule has 3 nitrogen and oxygen atoms in total. The molecule has 0 amide bonds. The molecule has 0 saturated heterocycles. The molecule has 0 spiro atoms. The standard InChI is InChI=1S/C8H6O3/c9-5-1-2-7-3-4-8(6-10)11-7/h3-4,6,9H,5H2. The number of aliphatic hydroxyl groups is 1. The van der Waals surface area contributed by atoms with Gasteiger partial charge in [-0.05, 0) is 18.1 Å². The molecular formula is C8H6O3. The number of carbonyl (C=O) groups is 1. The molecule has 0 saturated carbocycles. The summed E-state index contributed by atoms with van der Waals surface area (Å²) in [4.78, 5) is 10.1. The number of carbonyl (C=O) groups excluding carboxylic acids is 1. The third-order valence-corrected chi connectivity index (χ3v) is 1.03. The fourth-order valence-corrected chi connectivity index (χ4v) is 0.610. The molecule has 0 aliphatic rings. The molecule has 0 atom stereocenters. The number of hydrogen-bond acceptors (Lipinski definition) is 3. The Balaban J connectivity index is 2.80. The predicted molar refractivity (Wildman–Crippen MR) is 38.1 cm³/mol. The van der Waals surface area contributed by atoms with E-state index in [4.69, 9.17) is 9.52 Å². The molecule has 0 bridgehead atoms. The van der Waals surface area contributed by atoms with E-state index in [1.165, 1.54) is 6.07 Å². The van der Waals surface area contributed by atoms with Crippen molar-refractivity contribution in [2.24, 2.45) is 0 Å². The van der Waals surface area contributed by atoms with Gasteiger partial charge >= 0.3 is 0 Å². The van der Waals surface area contributed by atoms with Crippen LogP contribution in [0, 0.1) is 11.8 Å². The Morgan fingerprint density at radius 1 is 1.64 bits per heavy atom. The maximum Gasteiger partial charge on any atom is 0.185 e. The van der Waals surface area contributed by atoms with Crippen LogP contribution in [0.4, 0.5) is 0 Å². The van der Waals surface area contributed by atoms with Crippen LogP contribution in [-0.2, 0) is 0 Å². The molecule has 11 heavy (non-hydrogen) atoms. The lowest BCUT2D eigenvalue weighted by molar-refractivity contribution is 0.110. The quantitative estimate of drug-likeness (QED) is 0.466. The summed E-state index contributed by atoms with van der Waals surface area (Å²) in [6, 6.07) is 3.10. The highest BCUT2D eigenvalue weighted by Gasteiger charge is 1.95. The Hall–Kier alpha value is -1.53. The van der Waals surface area contributed by atoms with E-state index >= 15 is 0 Å². The van der Waals surface area contributed by atoms with Crippen molar-refractivity contribution in [3.8, 4) is 11.8 Å². The number of aldehydes is 1. The highest BCUT2D eigenvalue weighted by Crippen LogP contribution is 2.02. The van der Waals surface area contributed by atoms with E-state index in [9.17, 15) is 4.79 Å². The Labute approximate surface area is 63.6 Å². The van der Waals surface area contributed by atoms with Crippen LogP contribution in [-0.4, -0.2) is 18.0 Å². The number of hydrogen-bond donors (Lipinski definition) is 1. The largest absolute Gasteiger partial charge is 0.445 e. The van der Waals surface area contributed by atoms with Gasteiger partial charge in [-0.15, -0.1) is 0 Å². The van der Waals surface area contributed by atoms with Gasteiger partial charge in [0.1, 0.15) is 6.61 Å². The SMILES string of the molecule is O=Cc1ccc(C#CCO)o1. The second-order valence-electron chi connectivity index (χ2n) is 1.78. The van der Waals surface area contributed by atoms with Crippen molar-refractivity contribution in [2.45, 2.75) is 0 Å². The van der Waals surface area contributed by atoms with E-state index in [0.717, 1.165) is 0 Å². The summed E-state index contributed by atoms with van der Waals surface area (Å²) in [5, 5.41) is 8.31. The van der Waals surface area contributed by atoms with Crippen LogP contribution in [0.5, 0.6) is 0 Å². The van der Waals surface area contributed by atoms with Gasteiger partial charge in [0.2, 0.25) is 0 Å². The molecule has 1 aromatic heterocycles. The van der Waals surface area contributed by atoms with Gasteiger partial charge in [0.05, 0.1) is 0 Å². The zero-order chi connectivity index (χ0) is 8.10. The second-order valence-corrected chi connectivity index (χ2v) is 1.78. The molecule has 1 heterocycles. The first-order chi connectivity index (χ1) is 5.36. The van der Waals surface area contributed by atoms with Gasteiger partial charge in [-0.1, -0.05) is 5.92 Å². The van der Waals surface area contributed by atoms with Gasteiger partial charge in [0.15, 0.2) is 17.8 Å². The lowest BCUT2D eigenvalue weighted by atomic mass is 10.4. The number of rotatable bonds is 1. The first-order valence-corrected chi connectivity index (χ1v) is 3.01. The van der Waals surface area contributed by atoms with E-state index in [2.05, 4.69) is 11.8 Å². The third-order valence-electron chi connectivity index (χ3n) is 1.03. The molecule has 0 aromatic carbocycles. The molecule has 0 unspecified atom stereocenters. The van der Waals surface area contributed by atoms with E-state index in [0.29, 0.717) is 12.0 Å². The summed E-state index contributed by atoms with van der Waals surface area (Å²) in [7, 11) is 0. The summed E-state index contributed by atoms with van der Waals surface area (Å²) < 4.78 is 4.88. The minimum absolute atomic E-state index is 0.211. The molecular weight excluding hydrogens is 144 g/mol. The topological polar surface area (TPSA) is 50.4 Å². The maximum absolute atomic E-state index is 10.1. The van der Waals surface area contributed by atoms with Crippen LogP contribution < -0.4 is 0 Å². The third kappa shape index (κ3) is 1.95. The monoisotopic (exact) mass is 150 g/mol. The van der Waals surface area contributed by atoms with Gasteiger partial charge in [-0.3, -0.25) is 4.79 Å². The molecule has 1 N–H and O–H groups in total. The van der Waals surface area contributed by atoms with E-state index in [-0.39, 0.29) is 12.4 Å². The lowest BCUT2D eigenvalue weighted by Crippen LogP contribution is -1.72. The minimum atomic E-state index is -0.211. The van der Waals surface area contributed by atoms with Crippen LogP contribution in [0.3, 0.4) is 0 Å². The average molecular weight is 150 g/mol. The van der Waals surface area contributed by atoms with Crippen LogP contribution in [0.15, 0.2) is 16.5 Å². The van der Waals surface area contributed by atoms with Crippen LogP contribution in [0.2, 0.25) is 0 Å². The minimum Gasteiger partial charge on any atom is -0.445 e. The summed E-state index contributed by atoms with van der Waals surface area (Å²) in [6.07, 6.45) is 0.601. The first-order valence-electron chi connectivity index (χ1n) is 3.01. The van der Waals surface area contributed by atoms with Gasteiger partial charge in [-0.2, -0.15) is 0 Å². The van der Waals surface area contributed by atoms with Gasteiger partial charge in [0, 0.05) is 0 Å². The average Bonchev–Trinajstić information content (AvgIpc) is 2.48. The van der Waals surface area contributed by atoms with Crippen LogP contribution in [0.25, 0.3) is 0 Å². The van der Waals surface area contributed by atoms with E-state index in [1.54, 1.807) is 6.07 Å². The van der Waals surface area contributed by atoms with Crippen molar-refractivity contribution in [3.63, 3.8) is 0 Å². The Morgan fingerprint density at radius 3 is 3.00 bits per heavy atom. The molecule has 0 radical (unpaired) electrons.